The molecule has 0 aromatic heterocycles. The predicted octanol–water partition coefficient (Wildman–Crippen LogP) is 1.09. The molecule has 1 aromatic rings. The Hall–Kier alpha value is -0.620. The van der Waals surface area contributed by atoms with Crippen LogP contribution in [0.5, 0.6) is 5.75 Å². The van der Waals surface area contributed by atoms with E-state index in [4.69, 9.17) is 4.74 Å². The third-order valence-corrected chi connectivity index (χ3v) is 3.41. The van der Waals surface area contributed by atoms with Crippen molar-refractivity contribution in [3.05, 3.63) is 28.7 Å². The van der Waals surface area contributed by atoms with Crippen molar-refractivity contribution in [1.29, 1.82) is 0 Å². The van der Waals surface area contributed by atoms with Gasteiger partial charge in [-0.05, 0) is 18.2 Å². The third kappa shape index (κ3) is 4.57. The highest BCUT2D eigenvalue weighted by Gasteiger charge is 2.14. The van der Waals surface area contributed by atoms with E-state index in [0.29, 0.717) is 13.2 Å². The average Bonchev–Trinajstić information content (AvgIpc) is 2.38. The quantitative estimate of drug-likeness (QED) is 0.854. The van der Waals surface area contributed by atoms with Crippen LogP contribution in [0.1, 0.15) is 0 Å². The molecule has 1 aromatic carbocycles. The normalized spacial score (nSPS) is 18.6. The van der Waals surface area contributed by atoms with Crippen molar-refractivity contribution in [3.63, 3.8) is 0 Å². The number of piperazine rings is 1. The molecule has 0 saturated carbocycles. The van der Waals surface area contributed by atoms with Crippen molar-refractivity contribution >= 4 is 15.9 Å². The maximum Gasteiger partial charge on any atom is 0.120 e. The van der Waals surface area contributed by atoms with E-state index in [0.717, 1.165) is 36.4 Å². The predicted molar refractivity (Wildman–Crippen MR) is 75.0 cm³/mol. The van der Waals surface area contributed by atoms with Gasteiger partial charge in [-0.25, -0.2) is 0 Å². The molecule has 100 valence electrons. The number of ether oxygens (including phenoxy) is 1. The van der Waals surface area contributed by atoms with Crippen LogP contribution in [0.15, 0.2) is 28.7 Å². The molecule has 0 bridgehead atoms. The molecule has 2 N–H and O–H groups in total. The number of aliphatic hydroxyl groups excluding tert-OH is 1. The fourth-order valence-electron chi connectivity index (χ4n) is 1.99. The van der Waals surface area contributed by atoms with E-state index in [1.54, 1.807) is 0 Å². The number of halogens is 1. The number of aliphatic hydroxyl groups is 1. The summed E-state index contributed by atoms with van der Waals surface area (Å²) in [6.45, 7) is 5.00. The first kappa shape index (κ1) is 13.8. The minimum absolute atomic E-state index is 0.334. The van der Waals surface area contributed by atoms with Crippen molar-refractivity contribution in [1.82, 2.24) is 10.2 Å². The van der Waals surface area contributed by atoms with Gasteiger partial charge in [0.2, 0.25) is 0 Å². The monoisotopic (exact) mass is 314 g/mol. The van der Waals surface area contributed by atoms with E-state index < -0.39 is 6.10 Å². The van der Waals surface area contributed by atoms with E-state index in [1.165, 1.54) is 0 Å². The van der Waals surface area contributed by atoms with Crippen LogP contribution in [-0.4, -0.2) is 55.4 Å². The maximum atomic E-state index is 9.93. The number of nitrogens with zero attached hydrogens (tertiary/aromatic N) is 1. The second kappa shape index (κ2) is 7.09. The largest absolute Gasteiger partial charge is 0.491 e. The second-order valence-corrected chi connectivity index (χ2v) is 5.39. The molecule has 1 aliphatic heterocycles. The fourth-order valence-corrected chi connectivity index (χ4v) is 2.37. The lowest BCUT2D eigenvalue weighted by atomic mass is 10.3. The van der Waals surface area contributed by atoms with Crippen molar-refractivity contribution in [2.75, 3.05) is 39.3 Å². The summed E-state index contributed by atoms with van der Waals surface area (Å²) >= 11 is 3.39. The number of nitrogens with one attached hydrogen (secondary N) is 1. The molecule has 18 heavy (non-hydrogen) atoms. The Morgan fingerprint density at radius 2 is 2.17 bits per heavy atom. The molecule has 1 heterocycles. The van der Waals surface area contributed by atoms with Crippen molar-refractivity contribution < 1.29 is 9.84 Å². The first-order valence-corrected chi connectivity index (χ1v) is 7.03. The van der Waals surface area contributed by atoms with Gasteiger partial charge in [-0.3, -0.25) is 4.90 Å². The SMILES string of the molecule is OC(COc1cccc(Br)c1)CN1CCNCC1. The minimum Gasteiger partial charge on any atom is -0.491 e. The molecule has 0 radical (unpaired) electrons. The standard InChI is InChI=1S/C13H19BrN2O2/c14-11-2-1-3-13(8-11)18-10-12(17)9-16-6-4-15-5-7-16/h1-3,8,12,15,17H,4-7,9-10H2. The van der Waals surface area contributed by atoms with Crippen molar-refractivity contribution in [2.24, 2.45) is 0 Å². The first-order chi connectivity index (χ1) is 8.74. The zero-order valence-electron chi connectivity index (χ0n) is 10.3. The Morgan fingerprint density at radius 3 is 2.89 bits per heavy atom. The Balaban J connectivity index is 1.72. The van der Waals surface area contributed by atoms with Gasteiger partial charge in [-0.2, -0.15) is 0 Å². The summed E-state index contributed by atoms with van der Waals surface area (Å²) in [6, 6.07) is 7.66. The van der Waals surface area contributed by atoms with E-state index >= 15 is 0 Å². The number of hydrogen-bond donors (Lipinski definition) is 2. The Kier molecular flexibility index (Phi) is 5.44. The van der Waals surface area contributed by atoms with E-state index in [9.17, 15) is 5.11 Å². The summed E-state index contributed by atoms with van der Waals surface area (Å²) in [4.78, 5) is 2.26. The molecule has 5 heteroatoms. The van der Waals surface area contributed by atoms with Gasteiger partial charge in [-0.1, -0.05) is 22.0 Å². The van der Waals surface area contributed by atoms with Gasteiger partial charge in [-0.15, -0.1) is 0 Å². The van der Waals surface area contributed by atoms with Gasteiger partial charge in [0.15, 0.2) is 0 Å². The Labute approximate surface area is 116 Å². The first-order valence-electron chi connectivity index (χ1n) is 6.23. The molecule has 2 rings (SSSR count). The summed E-state index contributed by atoms with van der Waals surface area (Å²) in [6.07, 6.45) is -0.443. The molecule has 1 atom stereocenters. The average molecular weight is 315 g/mol. The van der Waals surface area contributed by atoms with Crippen LogP contribution in [-0.2, 0) is 0 Å². The molecule has 1 aliphatic rings. The van der Waals surface area contributed by atoms with Gasteiger partial charge in [0.05, 0.1) is 0 Å². The molecule has 1 fully saturated rings. The second-order valence-electron chi connectivity index (χ2n) is 4.47. The number of benzene rings is 1. The molecule has 1 unspecified atom stereocenters. The van der Waals surface area contributed by atoms with Crippen LogP contribution in [0.3, 0.4) is 0 Å². The summed E-state index contributed by atoms with van der Waals surface area (Å²) in [5, 5.41) is 13.2. The van der Waals surface area contributed by atoms with Crippen LogP contribution in [0.2, 0.25) is 0 Å². The lowest BCUT2D eigenvalue weighted by Gasteiger charge is -2.29. The van der Waals surface area contributed by atoms with Crippen LogP contribution in [0.25, 0.3) is 0 Å². The van der Waals surface area contributed by atoms with Crippen molar-refractivity contribution in [3.8, 4) is 5.75 Å². The number of hydrogen-bond acceptors (Lipinski definition) is 4. The van der Waals surface area contributed by atoms with Crippen LogP contribution in [0.4, 0.5) is 0 Å². The summed E-state index contributed by atoms with van der Waals surface area (Å²) < 4.78 is 6.55. The van der Waals surface area contributed by atoms with Gasteiger partial charge in [0, 0.05) is 37.2 Å². The topological polar surface area (TPSA) is 44.7 Å². The number of β-amino-alcohol motifs (C(OH)–C–C–N with tert-alkyl or cyclic N) is 1. The van der Waals surface area contributed by atoms with Gasteiger partial charge in [0.1, 0.15) is 18.5 Å². The smallest absolute Gasteiger partial charge is 0.120 e. The van der Waals surface area contributed by atoms with Crippen LogP contribution >= 0.6 is 15.9 Å². The molecular weight excluding hydrogens is 296 g/mol. The third-order valence-electron chi connectivity index (χ3n) is 2.92. The van der Waals surface area contributed by atoms with Gasteiger partial charge in [0.25, 0.3) is 0 Å². The maximum absolute atomic E-state index is 9.93. The molecular formula is C13H19BrN2O2. The van der Waals surface area contributed by atoms with Crippen molar-refractivity contribution in [2.45, 2.75) is 6.10 Å². The lowest BCUT2D eigenvalue weighted by Crippen LogP contribution is -2.47. The molecule has 4 nitrogen and oxygen atoms in total. The summed E-state index contributed by atoms with van der Waals surface area (Å²) in [5.74, 6) is 0.781. The summed E-state index contributed by atoms with van der Waals surface area (Å²) in [5.41, 5.74) is 0. The van der Waals surface area contributed by atoms with E-state index in [2.05, 4.69) is 26.1 Å². The highest BCUT2D eigenvalue weighted by atomic mass is 79.9. The van der Waals surface area contributed by atoms with Gasteiger partial charge < -0.3 is 15.2 Å². The molecule has 0 aliphatic carbocycles. The zero-order chi connectivity index (χ0) is 12.8. The molecule has 0 spiro atoms. The lowest BCUT2D eigenvalue weighted by molar-refractivity contribution is 0.0641. The minimum atomic E-state index is -0.443. The molecule has 1 saturated heterocycles. The van der Waals surface area contributed by atoms with Crippen LogP contribution < -0.4 is 10.1 Å². The highest BCUT2D eigenvalue weighted by molar-refractivity contribution is 9.10. The zero-order valence-corrected chi connectivity index (χ0v) is 11.9. The van der Waals surface area contributed by atoms with E-state index in [1.807, 2.05) is 24.3 Å². The highest BCUT2D eigenvalue weighted by Crippen LogP contribution is 2.17. The van der Waals surface area contributed by atoms with Gasteiger partial charge >= 0.3 is 0 Å². The summed E-state index contributed by atoms with van der Waals surface area (Å²) in [7, 11) is 0. The van der Waals surface area contributed by atoms with Crippen LogP contribution in [0, 0.1) is 0 Å². The number of rotatable bonds is 5. The molecule has 0 amide bonds. The fraction of sp³-hybridized carbons (Fsp3) is 0.538. The Morgan fingerprint density at radius 1 is 1.39 bits per heavy atom. The van der Waals surface area contributed by atoms with E-state index in [-0.39, 0.29) is 0 Å². The Bertz CT molecular complexity index is 370.